The quantitative estimate of drug-likeness (QED) is 0.498. The first kappa shape index (κ1) is 21.4. The fraction of sp³-hybridized carbons (Fsp3) is 0.400. The van der Waals surface area contributed by atoms with E-state index in [1.54, 1.807) is 13.0 Å². The molecule has 0 saturated carbocycles. The maximum atomic E-state index is 12.5. The van der Waals surface area contributed by atoms with E-state index in [1.807, 2.05) is 36.4 Å². The van der Waals surface area contributed by atoms with Crippen LogP contribution < -0.4 is 9.47 Å². The topological polar surface area (TPSA) is 61.8 Å². The van der Waals surface area contributed by atoms with Crippen LogP contribution >= 0.6 is 0 Å². The smallest absolute Gasteiger partial charge is 0.489 e. The molecule has 3 rings (SSSR count). The van der Waals surface area contributed by atoms with Gasteiger partial charge in [-0.15, -0.1) is 0 Å². The van der Waals surface area contributed by atoms with Crippen molar-refractivity contribution in [2.24, 2.45) is 0 Å². The Hall–Kier alpha value is -2.26. The Balaban J connectivity index is 1.70. The van der Waals surface area contributed by atoms with Crippen molar-refractivity contribution in [3.63, 3.8) is 0 Å². The standard InChI is InChI=1S/C20H21F3O5S/c1-14-10-17(26-12-15-6-4-3-5-7-15)11-16-8-9-19(2,28-18(14)16)13-27-29(24,25)20(21,22)23/h3-7,10-11H,8-9,12-13H2,1-2H3/t19-/m0/s1. The fourth-order valence-electron chi connectivity index (χ4n) is 3.03. The van der Waals surface area contributed by atoms with Crippen molar-refractivity contribution in [3.8, 4) is 11.5 Å². The zero-order valence-corrected chi connectivity index (χ0v) is 16.8. The van der Waals surface area contributed by atoms with E-state index >= 15 is 0 Å². The van der Waals surface area contributed by atoms with Crippen molar-refractivity contribution < 1.29 is 35.2 Å². The molecule has 2 aromatic rings. The van der Waals surface area contributed by atoms with Crippen molar-refractivity contribution in [1.82, 2.24) is 0 Å². The SMILES string of the molecule is Cc1cc(OCc2ccccc2)cc2c1O[C@](C)(COS(=O)(=O)C(F)(F)F)CC2. The van der Waals surface area contributed by atoms with E-state index in [1.165, 1.54) is 6.92 Å². The van der Waals surface area contributed by atoms with Crippen LogP contribution in [0.15, 0.2) is 42.5 Å². The summed E-state index contributed by atoms with van der Waals surface area (Å²) in [6.07, 6.45) is 0.791. The van der Waals surface area contributed by atoms with E-state index in [2.05, 4.69) is 4.18 Å². The summed E-state index contributed by atoms with van der Waals surface area (Å²) in [7, 11) is -5.66. The Morgan fingerprint density at radius 2 is 1.86 bits per heavy atom. The maximum absolute atomic E-state index is 12.5. The Labute approximate surface area is 167 Å². The molecular formula is C20H21F3O5S. The minimum absolute atomic E-state index is 0.301. The molecule has 0 bridgehead atoms. The van der Waals surface area contributed by atoms with Crippen molar-refractivity contribution in [2.75, 3.05) is 6.61 Å². The summed E-state index contributed by atoms with van der Waals surface area (Å²) in [6.45, 7) is 3.01. The highest BCUT2D eigenvalue weighted by Crippen LogP contribution is 2.39. The van der Waals surface area contributed by atoms with Gasteiger partial charge in [0.25, 0.3) is 0 Å². The number of rotatable bonds is 6. The van der Waals surface area contributed by atoms with E-state index in [4.69, 9.17) is 9.47 Å². The highest BCUT2D eigenvalue weighted by Gasteiger charge is 2.49. The molecule has 0 aliphatic carbocycles. The van der Waals surface area contributed by atoms with Gasteiger partial charge < -0.3 is 9.47 Å². The largest absolute Gasteiger partial charge is 0.523 e. The molecule has 1 aliphatic heterocycles. The van der Waals surface area contributed by atoms with Gasteiger partial charge in [-0.05, 0) is 55.5 Å². The zero-order valence-electron chi connectivity index (χ0n) is 16.0. The van der Waals surface area contributed by atoms with E-state index in [0.29, 0.717) is 30.9 Å². The highest BCUT2D eigenvalue weighted by molar-refractivity contribution is 7.87. The molecule has 29 heavy (non-hydrogen) atoms. The van der Waals surface area contributed by atoms with Gasteiger partial charge in [-0.2, -0.15) is 21.6 Å². The van der Waals surface area contributed by atoms with Gasteiger partial charge in [0, 0.05) is 0 Å². The van der Waals surface area contributed by atoms with Gasteiger partial charge >= 0.3 is 15.6 Å². The normalized spacial score (nSPS) is 19.3. The number of ether oxygens (including phenoxy) is 2. The minimum Gasteiger partial charge on any atom is -0.489 e. The summed E-state index contributed by atoms with van der Waals surface area (Å²) in [5.41, 5.74) is -4.03. The van der Waals surface area contributed by atoms with Crippen LogP contribution in [0.25, 0.3) is 0 Å². The molecule has 2 aromatic carbocycles. The average Bonchev–Trinajstić information content (AvgIpc) is 2.66. The number of hydrogen-bond acceptors (Lipinski definition) is 5. The van der Waals surface area contributed by atoms with Crippen molar-refractivity contribution >= 4 is 10.1 Å². The zero-order chi connectivity index (χ0) is 21.3. The number of benzene rings is 2. The second kappa shape index (κ2) is 7.87. The predicted octanol–water partition coefficient (Wildman–Crippen LogP) is 4.52. The first-order valence-corrected chi connectivity index (χ1v) is 10.3. The molecular weight excluding hydrogens is 409 g/mol. The first-order chi connectivity index (χ1) is 13.5. The molecule has 0 amide bonds. The molecule has 0 radical (unpaired) electrons. The van der Waals surface area contributed by atoms with Crippen LogP contribution in [-0.2, 0) is 27.3 Å². The molecule has 0 unspecified atom stereocenters. The van der Waals surface area contributed by atoms with Crippen LogP contribution in [0.3, 0.4) is 0 Å². The number of fused-ring (bicyclic) bond motifs is 1. The van der Waals surface area contributed by atoms with Crippen LogP contribution in [0.5, 0.6) is 11.5 Å². The molecule has 1 heterocycles. The lowest BCUT2D eigenvalue weighted by Crippen LogP contribution is -2.43. The monoisotopic (exact) mass is 430 g/mol. The summed E-state index contributed by atoms with van der Waals surface area (Å²) in [4.78, 5) is 0. The van der Waals surface area contributed by atoms with Crippen LogP contribution in [0.1, 0.15) is 30.0 Å². The second-order valence-electron chi connectivity index (χ2n) is 7.22. The van der Waals surface area contributed by atoms with Gasteiger partial charge in [0.05, 0.1) is 0 Å². The summed E-state index contributed by atoms with van der Waals surface area (Å²) in [6, 6.07) is 13.3. The lowest BCUT2D eigenvalue weighted by Gasteiger charge is -2.36. The van der Waals surface area contributed by atoms with Crippen molar-refractivity contribution in [3.05, 3.63) is 59.2 Å². The second-order valence-corrected chi connectivity index (χ2v) is 8.82. The lowest BCUT2D eigenvalue weighted by atomic mass is 9.92. The van der Waals surface area contributed by atoms with Gasteiger partial charge in [-0.25, -0.2) is 0 Å². The van der Waals surface area contributed by atoms with Crippen LogP contribution in [0, 0.1) is 6.92 Å². The first-order valence-electron chi connectivity index (χ1n) is 8.94. The summed E-state index contributed by atoms with van der Waals surface area (Å²) >= 11 is 0. The fourth-order valence-corrected chi connectivity index (χ4v) is 3.57. The molecule has 158 valence electrons. The van der Waals surface area contributed by atoms with Crippen LogP contribution in [0.4, 0.5) is 13.2 Å². The summed E-state index contributed by atoms with van der Waals surface area (Å²) in [5.74, 6) is 1.17. The maximum Gasteiger partial charge on any atom is 0.523 e. The van der Waals surface area contributed by atoms with E-state index in [9.17, 15) is 21.6 Å². The van der Waals surface area contributed by atoms with E-state index in [0.717, 1.165) is 16.7 Å². The number of halogens is 3. The van der Waals surface area contributed by atoms with Gasteiger partial charge in [-0.3, -0.25) is 4.18 Å². The minimum atomic E-state index is -5.66. The third-order valence-corrected chi connectivity index (χ3v) is 5.64. The summed E-state index contributed by atoms with van der Waals surface area (Å²) in [5, 5.41) is 0. The Morgan fingerprint density at radius 1 is 1.17 bits per heavy atom. The van der Waals surface area contributed by atoms with Crippen LogP contribution in [-0.4, -0.2) is 26.1 Å². The molecule has 0 aromatic heterocycles. The Kier molecular flexibility index (Phi) is 5.82. The van der Waals surface area contributed by atoms with Crippen LogP contribution in [0.2, 0.25) is 0 Å². The lowest BCUT2D eigenvalue weighted by molar-refractivity contribution is -0.0606. The molecule has 1 atom stereocenters. The van der Waals surface area contributed by atoms with Gasteiger partial charge in [0.1, 0.15) is 30.3 Å². The van der Waals surface area contributed by atoms with Crippen molar-refractivity contribution in [2.45, 2.75) is 44.4 Å². The van der Waals surface area contributed by atoms with E-state index in [-0.39, 0.29) is 0 Å². The molecule has 0 saturated heterocycles. The third-order valence-electron chi connectivity index (χ3n) is 4.65. The van der Waals surface area contributed by atoms with Crippen molar-refractivity contribution in [1.29, 1.82) is 0 Å². The molecule has 0 fully saturated rings. The Morgan fingerprint density at radius 3 is 2.52 bits per heavy atom. The molecule has 0 N–H and O–H groups in total. The molecule has 9 heteroatoms. The average molecular weight is 430 g/mol. The number of hydrogen-bond donors (Lipinski definition) is 0. The van der Waals surface area contributed by atoms with E-state index < -0.39 is 27.8 Å². The molecule has 1 aliphatic rings. The predicted molar refractivity (Wildman–Crippen MR) is 100 cm³/mol. The highest BCUT2D eigenvalue weighted by atomic mass is 32.2. The summed E-state index contributed by atoms with van der Waals surface area (Å²) < 4.78 is 75.7. The van der Waals surface area contributed by atoms with Gasteiger partial charge in [0.2, 0.25) is 0 Å². The molecule has 0 spiro atoms. The van der Waals surface area contributed by atoms with Gasteiger partial charge in [-0.1, -0.05) is 30.3 Å². The molecule has 5 nitrogen and oxygen atoms in total. The van der Waals surface area contributed by atoms with Gasteiger partial charge in [0.15, 0.2) is 0 Å². The Bertz CT molecular complexity index is 974. The number of aryl methyl sites for hydroxylation is 2. The third kappa shape index (κ3) is 5.02. The number of alkyl halides is 3.